The number of methoxy groups -OCH3 is 2. The van der Waals surface area contributed by atoms with Crippen LogP contribution in [0.2, 0.25) is 0 Å². The Morgan fingerprint density at radius 3 is 2.40 bits per heavy atom. The molecule has 1 saturated heterocycles. The van der Waals surface area contributed by atoms with Crippen LogP contribution in [0.25, 0.3) is 0 Å². The Morgan fingerprint density at radius 1 is 1.03 bits per heavy atom. The summed E-state index contributed by atoms with van der Waals surface area (Å²) in [5.41, 5.74) is 2.33. The number of amides is 2. The Balaban J connectivity index is 1.54. The number of nitrogens with one attached hydrogen (secondary N) is 2. The number of carbonyl (C=O) groups is 1. The van der Waals surface area contributed by atoms with Crippen LogP contribution in [-0.4, -0.2) is 50.8 Å². The first-order chi connectivity index (χ1) is 14.6. The average Bonchev–Trinajstić information content (AvgIpc) is 3.28. The van der Waals surface area contributed by atoms with Gasteiger partial charge in [-0.3, -0.25) is 4.90 Å². The van der Waals surface area contributed by atoms with Crippen LogP contribution in [0.5, 0.6) is 11.5 Å². The third-order valence-corrected chi connectivity index (χ3v) is 5.65. The monoisotopic (exact) mass is 411 g/mol. The first-order valence-corrected chi connectivity index (χ1v) is 10.7. The molecule has 6 heteroatoms. The van der Waals surface area contributed by atoms with Crippen molar-refractivity contribution in [2.45, 2.75) is 38.3 Å². The Morgan fingerprint density at radius 2 is 1.73 bits per heavy atom. The quantitative estimate of drug-likeness (QED) is 0.659. The van der Waals surface area contributed by atoms with Crippen LogP contribution < -0.4 is 20.1 Å². The van der Waals surface area contributed by atoms with Gasteiger partial charge in [0.1, 0.15) is 0 Å². The minimum atomic E-state index is -0.136. The molecule has 0 unspecified atom stereocenters. The van der Waals surface area contributed by atoms with E-state index in [4.69, 9.17) is 9.47 Å². The van der Waals surface area contributed by atoms with Crippen molar-refractivity contribution in [3.63, 3.8) is 0 Å². The van der Waals surface area contributed by atoms with Crippen molar-refractivity contribution in [3.8, 4) is 11.5 Å². The van der Waals surface area contributed by atoms with Crippen molar-refractivity contribution < 1.29 is 14.3 Å². The zero-order chi connectivity index (χ0) is 21.3. The first-order valence-electron chi connectivity index (χ1n) is 10.7. The van der Waals surface area contributed by atoms with Crippen LogP contribution in [0, 0.1) is 0 Å². The summed E-state index contributed by atoms with van der Waals surface area (Å²) in [5.74, 6) is 1.40. The highest BCUT2D eigenvalue weighted by Gasteiger charge is 2.29. The highest BCUT2D eigenvalue weighted by atomic mass is 16.5. The van der Waals surface area contributed by atoms with Gasteiger partial charge in [0.25, 0.3) is 0 Å². The largest absolute Gasteiger partial charge is 0.493 e. The van der Waals surface area contributed by atoms with Gasteiger partial charge in [-0.25, -0.2) is 4.79 Å². The topological polar surface area (TPSA) is 62.8 Å². The number of hydrogen-bond acceptors (Lipinski definition) is 4. The van der Waals surface area contributed by atoms with E-state index in [1.54, 1.807) is 14.2 Å². The van der Waals surface area contributed by atoms with Gasteiger partial charge in [-0.05, 0) is 62.5 Å². The molecular weight excluding hydrogens is 378 g/mol. The fourth-order valence-electron chi connectivity index (χ4n) is 4.18. The smallest absolute Gasteiger partial charge is 0.315 e. The lowest BCUT2D eigenvalue weighted by Crippen LogP contribution is -2.47. The minimum Gasteiger partial charge on any atom is -0.493 e. The second-order valence-corrected chi connectivity index (χ2v) is 7.73. The SMILES string of the molecule is COc1ccc(CCNC(=O)N[C@H](C)[C@@H](c2ccccc2)N2CCCC2)cc1OC. The Hall–Kier alpha value is -2.73. The van der Waals surface area contributed by atoms with Gasteiger partial charge in [0.05, 0.1) is 20.3 Å². The van der Waals surface area contributed by atoms with Crippen molar-refractivity contribution in [2.75, 3.05) is 33.9 Å². The zero-order valence-corrected chi connectivity index (χ0v) is 18.2. The Labute approximate surface area is 179 Å². The van der Waals surface area contributed by atoms with Gasteiger partial charge < -0.3 is 20.1 Å². The molecule has 0 aromatic heterocycles. The lowest BCUT2D eigenvalue weighted by atomic mass is 9.99. The molecule has 1 aliphatic rings. The number of ether oxygens (including phenoxy) is 2. The van der Waals surface area contributed by atoms with Gasteiger partial charge in [0.15, 0.2) is 11.5 Å². The number of hydrogen-bond donors (Lipinski definition) is 2. The van der Waals surface area contributed by atoms with Crippen molar-refractivity contribution in [1.29, 1.82) is 0 Å². The van der Waals surface area contributed by atoms with E-state index in [-0.39, 0.29) is 18.1 Å². The van der Waals surface area contributed by atoms with Gasteiger partial charge >= 0.3 is 6.03 Å². The summed E-state index contributed by atoms with van der Waals surface area (Å²) in [6, 6.07) is 16.3. The zero-order valence-electron chi connectivity index (χ0n) is 18.2. The third-order valence-electron chi connectivity index (χ3n) is 5.65. The lowest BCUT2D eigenvalue weighted by molar-refractivity contribution is 0.193. The summed E-state index contributed by atoms with van der Waals surface area (Å²) < 4.78 is 10.6. The third kappa shape index (κ3) is 5.66. The van der Waals surface area contributed by atoms with E-state index >= 15 is 0 Å². The maximum Gasteiger partial charge on any atom is 0.315 e. The molecule has 0 spiro atoms. The molecule has 2 N–H and O–H groups in total. The predicted molar refractivity (Wildman–Crippen MR) is 119 cm³/mol. The average molecular weight is 412 g/mol. The molecule has 2 amide bonds. The van der Waals surface area contributed by atoms with Crippen molar-refractivity contribution in [3.05, 3.63) is 59.7 Å². The van der Waals surface area contributed by atoms with E-state index in [2.05, 4.69) is 46.7 Å². The standard InChI is InChI=1S/C24H33N3O3/c1-18(23(27-15-7-8-16-27)20-9-5-4-6-10-20)26-24(28)25-14-13-19-11-12-21(29-2)22(17-19)30-3/h4-6,9-12,17-18,23H,7-8,13-16H2,1-3H3,(H2,25,26,28)/t18-,23+/m1/s1. The second kappa shape index (κ2) is 10.9. The number of benzene rings is 2. The molecule has 1 fully saturated rings. The first kappa shape index (κ1) is 22.0. The minimum absolute atomic E-state index is 0.00609. The molecule has 3 rings (SSSR count). The van der Waals surface area contributed by atoms with Crippen LogP contribution in [0.1, 0.15) is 36.9 Å². The fraction of sp³-hybridized carbons (Fsp3) is 0.458. The number of likely N-dealkylation sites (tertiary alicyclic amines) is 1. The van der Waals surface area contributed by atoms with Crippen LogP contribution in [0.3, 0.4) is 0 Å². The Kier molecular flexibility index (Phi) is 7.97. The lowest BCUT2D eigenvalue weighted by Gasteiger charge is -2.33. The summed E-state index contributed by atoms with van der Waals surface area (Å²) in [7, 11) is 3.24. The van der Waals surface area contributed by atoms with E-state index < -0.39 is 0 Å². The molecule has 0 aliphatic carbocycles. The van der Waals surface area contributed by atoms with E-state index in [0.29, 0.717) is 18.0 Å². The summed E-state index contributed by atoms with van der Waals surface area (Å²) in [5, 5.41) is 6.13. The van der Waals surface area contributed by atoms with Gasteiger partial charge in [-0.15, -0.1) is 0 Å². The molecule has 0 saturated carbocycles. The van der Waals surface area contributed by atoms with Crippen molar-refractivity contribution in [1.82, 2.24) is 15.5 Å². The number of rotatable bonds is 9. The van der Waals surface area contributed by atoms with Gasteiger partial charge in [0.2, 0.25) is 0 Å². The molecule has 1 heterocycles. The maximum absolute atomic E-state index is 12.5. The Bertz CT molecular complexity index is 807. The number of carbonyl (C=O) groups excluding carboxylic acids is 1. The summed E-state index contributed by atoms with van der Waals surface area (Å²) in [4.78, 5) is 15.0. The molecule has 2 aromatic carbocycles. The normalized spacial score (nSPS) is 16.0. The molecule has 2 atom stereocenters. The fourth-order valence-corrected chi connectivity index (χ4v) is 4.18. The van der Waals surface area contributed by atoms with Crippen molar-refractivity contribution in [2.24, 2.45) is 0 Å². The van der Waals surface area contributed by atoms with Crippen LogP contribution in [0.15, 0.2) is 48.5 Å². The van der Waals surface area contributed by atoms with Crippen LogP contribution >= 0.6 is 0 Å². The highest BCUT2D eigenvalue weighted by molar-refractivity contribution is 5.74. The van der Waals surface area contributed by atoms with E-state index in [1.165, 1.54) is 18.4 Å². The molecule has 0 bridgehead atoms. The van der Waals surface area contributed by atoms with Gasteiger partial charge in [-0.2, -0.15) is 0 Å². The summed E-state index contributed by atoms with van der Waals surface area (Å²) in [6.07, 6.45) is 3.15. The summed E-state index contributed by atoms with van der Waals surface area (Å²) in [6.45, 7) is 4.79. The van der Waals surface area contributed by atoms with Crippen LogP contribution in [0.4, 0.5) is 4.79 Å². The summed E-state index contributed by atoms with van der Waals surface area (Å²) >= 11 is 0. The van der Waals surface area contributed by atoms with Gasteiger partial charge in [0, 0.05) is 12.6 Å². The van der Waals surface area contributed by atoms with E-state index in [0.717, 1.165) is 25.1 Å². The number of urea groups is 1. The second-order valence-electron chi connectivity index (χ2n) is 7.73. The molecule has 2 aromatic rings. The number of nitrogens with zero attached hydrogens (tertiary/aromatic N) is 1. The van der Waals surface area contributed by atoms with Gasteiger partial charge in [-0.1, -0.05) is 36.4 Å². The highest BCUT2D eigenvalue weighted by Crippen LogP contribution is 2.29. The molecule has 6 nitrogen and oxygen atoms in total. The van der Waals surface area contributed by atoms with Crippen molar-refractivity contribution >= 4 is 6.03 Å². The maximum atomic E-state index is 12.5. The molecule has 162 valence electrons. The van der Waals surface area contributed by atoms with E-state index in [9.17, 15) is 4.79 Å². The predicted octanol–water partition coefficient (Wildman–Crippen LogP) is 3.77. The van der Waals surface area contributed by atoms with E-state index in [1.807, 2.05) is 24.3 Å². The molecule has 1 aliphatic heterocycles. The molecule has 30 heavy (non-hydrogen) atoms. The van der Waals surface area contributed by atoms with Crippen LogP contribution in [-0.2, 0) is 6.42 Å². The molecular formula is C24H33N3O3. The molecule has 0 radical (unpaired) electrons.